The summed E-state index contributed by atoms with van der Waals surface area (Å²) in [4.78, 5) is 0. The van der Waals surface area contributed by atoms with E-state index in [1.807, 2.05) is 6.92 Å². The topological polar surface area (TPSA) is 64.7 Å². The van der Waals surface area contributed by atoms with Gasteiger partial charge in [-0.2, -0.15) is 0 Å². The van der Waals surface area contributed by atoms with Crippen LogP contribution in [0.25, 0.3) is 0 Å². The quantitative estimate of drug-likeness (QED) is 0.791. The van der Waals surface area contributed by atoms with Crippen molar-refractivity contribution in [3.63, 3.8) is 0 Å². The third-order valence-corrected chi connectivity index (χ3v) is 2.48. The zero-order valence-electron chi connectivity index (χ0n) is 9.99. The van der Waals surface area contributed by atoms with Crippen LogP contribution in [0.5, 0.6) is 11.5 Å². The molecule has 0 saturated carbocycles. The highest BCUT2D eigenvalue weighted by atomic mass is 16.5. The normalized spacial score (nSPS) is 14.3. The van der Waals surface area contributed by atoms with E-state index in [0.717, 1.165) is 5.56 Å². The van der Waals surface area contributed by atoms with Gasteiger partial charge in [0.1, 0.15) is 0 Å². The number of benzene rings is 1. The predicted molar refractivity (Wildman–Crippen MR) is 62.8 cm³/mol. The molecule has 3 N–H and O–H groups in total. The van der Waals surface area contributed by atoms with Gasteiger partial charge in [0.25, 0.3) is 0 Å². The molecule has 0 aromatic heterocycles. The third-order valence-electron chi connectivity index (χ3n) is 2.48. The van der Waals surface area contributed by atoms with Gasteiger partial charge in [0.05, 0.1) is 19.3 Å². The Hall–Kier alpha value is -1.26. The van der Waals surface area contributed by atoms with Crippen LogP contribution in [-0.4, -0.2) is 25.4 Å². The smallest absolute Gasteiger partial charge is 0.161 e. The number of nitrogens with two attached hydrogens (primary N) is 1. The standard InChI is InChI=1S/C12H19NO3/c1-4-16-11-7-9(12(2,14)8-13)5-6-10(11)15-3/h5-7,14H,4,8,13H2,1-3H3/t12-/m1/s1. The lowest BCUT2D eigenvalue weighted by atomic mass is 9.96. The van der Waals surface area contributed by atoms with Gasteiger partial charge in [0.2, 0.25) is 0 Å². The summed E-state index contributed by atoms with van der Waals surface area (Å²) in [6.07, 6.45) is 0. The van der Waals surface area contributed by atoms with Crippen LogP contribution in [0.1, 0.15) is 19.4 Å². The number of methoxy groups -OCH3 is 1. The Kier molecular flexibility index (Phi) is 4.15. The largest absolute Gasteiger partial charge is 0.493 e. The van der Waals surface area contributed by atoms with E-state index in [2.05, 4.69) is 0 Å². The minimum Gasteiger partial charge on any atom is -0.493 e. The number of hydrogen-bond acceptors (Lipinski definition) is 4. The molecule has 0 amide bonds. The Labute approximate surface area is 96.0 Å². The second kappa shape index (κ2) is 5.18. The molecule has 0 aliphatic carbocycles. The molecule has 0 radical (unpaired) electrons. The average molecular weight is 225 g/mol. The van der Waals surface area contributed by atoms with Crippen molar-refractivity contribution < 1.29 is 14.6 Å². The molecule has 1 aromatic carbocycles. The maximum Gasteiger partial charge on any atom is 0.161 e. The first kappa shape index (κ1) is 12.8. The van der Waals surface area contributed by atoms with Crippen LogP contribution in [0, 0.1) is 0 Å². The zero-order chi connectivity index (χ0) is 12.2. The van der Waals surface area contributed by atoms with Crippen LogP contribution in [0.3, 0.4) is 0 Å². The van der Waals surface area contributed by atoms with Gasteiger partial charge >= 0.3 is 0 Å². The molecular formula is C12H19NO3. The molecule has 90 valence electrons. The SMILES string of the molecule is CCOc1cc([C@](C)(O)CN)ccc1OC. The van der Waals surface area contributed by atoms with E-state index in [1.54, 1.807) is 32.2 Å². The van der Waals surface area contributed by atoms with Crippen LogP contribution >= 0.6 is 0 Å². The lowest BCUT2D eigenvalue weighted by Gasteiger charge is -2.22. The molecule has 4 nitrogen and oxygen atoms in total. The van der Waals surface area contributed by atoms with Crippen molar-refractivity contribution >= 4 is 0 Å². The van der Waals surface area contributed by atoms with Crippen LogP contribution in [0.2, 0.25) is 0 Å². The summed E-state index contributed by atoms with van der Waals surface area (Å²) in [5.74, 6) is 1.27. The molecule has 0 unspecified atom stereocenters. The Bertz CT molecular complexity index is 350. The molecule has 16 heavy (non-hydrogen) atoms. The van der Waals surface area contributed by atoms with Crippen molar-refractivity contribution in [1.82, 2.24) is 0 Å². The predicted octanol–water partition coefficient (Wildman–Crippen LogP) is 1.26. The first-order chi connectivity index (χ1) is 7.55. The molecule has 0 bridgehead atoms. The molecular weight excluding hydrogens is 206 g/mol. The molecule has 1 rings (SSSR count). The second-order valence-electron chi connectivity index (χ2n) is 3.78. The summed E-state index contributed by atoms with van der Waals surface area (Å²) < 4.78 is 10.6. The van der Waals surface area contributed by atoms with Gasteiger partial charge in [-0.05, 0) is 31.5 Å². The summed E-state index contributed by atoms with van der Waals surface area (Å²) in [6, 6.07) is 5.31. The molecule has 0 saturated heterocycles. The van der Waals surface area contributed by atoms with Gasteiger partial charge in [-0.3, -0.25) is 0 Å². The highest BCUT2D eigenvalue weighted by molar-refractivity contribution is 5.44. The van der Waals surface area contributed by atoms with E-state index < -0.39 is 5.60 Å². The van der Waals surface area contributed by atoms with Crippen molar-refractivity contribution in [3.05, 3.63) is 23.8 Å². The van der Waals surface area contributed by atoms with Crippen molar-refractivity contribution in [2.24, 2.45) is 5.73 Å². The Morgan fingerprint density at radius 2 is 2.06 bits per heavy atom. The first-order valence-corrected chi connectivity index (χ1v) is 5.29. The molecule has 1 atom stereocenters. The van der Waals surface area contributed by atoms with Crippen molar-refractivity contribution in [1.29, 1.82) is 0 Å². The van der Waals surface area contributed by atoms with Crippen molar-refractivity contribution in [2.75, 3.05) is 20.3 Å². The van der Waals surface area contributed by atoms with Crippen LogP contribution in [-0.2, 0) is 5.60 Å². The summed E-state index contributed by atoms with van der Waals surface area (Å²) in [5, 5.41) is 10.0. The summed E-state index contributed by atoms with van der Waals surface area (Å²) >= 11 is 0. The van der Waals surface area contributed by atoms with Gasteiger partial charge in [0.15, 0.2) is 11.5 Å². The fraction of sp³-hybridized carbons (Fsp3) is 0.500. The van der Waals surface area contributed by atoms with E-state index in [-0.39, 0.29) is 6.54 Å². The van der Waals surface area contributed by atoms with Gasteiger partial charge < -0.3 is 20.3 Å². The van der Waals surface area contributed by atoms with Gasteiger partial charge in [-0.25, -0.2) is 0 Å². The van der Waals surface area contributed by atoms with E-state index >= 15 is 0 Å². The number of ether oxygens (including phenoxy) is 2. The van der Waals surface area contributed by atoms with Gasteiger partial charge in [-0.15, -0.1) is 0 Å². The second-order valence-corrected chi connectivity index (χ2v) is 3.78. The Morgan fingerprint density at radius 3 is 2.56 bits per heavy atom. The highest BCUT2D eigenvalue weighted by Gasteiger charge is 2.22. The van der Waals surface area contributed by atoms with Crippen molar-refractivity contribution in [3.8, 4) is 11.5 Å². The van der Waals surface area contributed by atoms with Gasteiger partial charge in [-0.1, -0.05) is 6.07 Å². The number of hydrogen-bond donors (Lipinski definition) is 2. The molecule has 0 fully saturated rings. The van der Waals surface area contributed by atoms with E-state index in [0.29, 0.717) is 18.1 Å². The number of aliphatic hydroxyl groups is 1. The van der Waals surface area contributed by atoms with E-state index in [9.17, 15) is 5.11 Å². The Balaban J connectivity index is 3.11. The maximum absolute atomic E-state index is 10.0. The minimum absolute atomic E-state index is 0.158. The molecule has 0 heterocycles. The fourth-order valence-corrected chi connectivity index (χ4v) is 1.40. The van der Waals surface area contributed by atoms with E-state index in [4.69, 9.17) is 15.2 Å². The Morgan fingerprint density at radius 1 is 1.38 bits per heavy atom. The number of rotatable bonds is 5. The van der Waals surface area contributed by atoms with Gasteiger partial charge in [0, 0.05) is 6.54 Å². The molecule has 0 spiro atoms. The van der Waals surface area contributed by atoms with Crippen LogP contribution < -0.4 is 15.2 Å². The van der Waals surface area contributed by atoms with Crippen LogP contribution in [0.4, 0.5) is 0 Å². The fourth-order valence-electron chi connectivity index (χ4n) is 1.40. The zero-order valence-corrected chi connectivity index (χ0v) is 9.99. The molecule has 0 aliphatic heterocycles. The summed E-state index contributed by atoms with van der Waals surface area (Å²) in [6.45, 7) is 4.27. The minimum atomic E-state index is -1.04. The average Bonchev–Trinajstić information content (AvgIpc) is 2.29. The molecule has 1 aromatic rings. The molecule has 0 aliphatic rings. The third kappa shape index (κ3) is 2.65. The van der Waals surface area contributed by atoms with Crippen LogP contribution in [0.15, 0.2) is 18.2 Å². The lowest BCUT2D eigenvalue weighted by Crippen LogP contribution is -2.31. The molecule has 4 heteroatoms. The highest BCUT2D eigenvalue weighted by Crippen LogP contribution is 2.31. The van der Waals surface area contributed by atoms with Crippen molar-refractivity contribution in [2.45, 2.75) is 19.4 Å². The lowest BCUT2D eigenvalue weighted by molar-refractivity contribution is 0.0664. The maximum atomic E-state index is 10.0. The van der Waals surface area contributed by atoms with E-state index in [1.165, 1.54) is 0 Å². The monoisotopic (exact) mass is 225 g/mol. The summed E-state index contributed by atoms with van der Waals surface area (Å²) in [7, 11) is 1.58. The first-order valence-electron chi connectivity index (χ1n) is 5.29. The summed E-state index contributed by atoms with van der Waals surface area (Å²) in [5.41, 5.74) is 5.19.